The van der Waals surface area contributed by atoms with E-state index in [4.69, 9.17) is 0 Å². The molecule has 128 valence electrons. The van der Waals surface area contributed by atoms with Crippen molar-refractivity contribution in [1.82, 2.24) is 30.1 Å². The van der Waals surface area contributed by atoms with Gasteiger partial charge in [-0.1, -0.05) is 11.8 Å². The number of tetrazole rings is 1. The van der Waals surface area contributed by atoms with Crippen LogP contribution in [-0.4, -0.2) is 43.0 Å². The van der Waals surface area contributed by atoms with Gasteiger partial charge in [0, 0.05) is 32.1 Å². The molecule has 2 aromatic rings. The Hall–Kier alpha value is -2.16. The molecular weight excluding hydrogens is 328 g/mol. The maximum Gasteiger partial charge on any atom is 0.263 e. The van der Waals surface area contributed by atoms with Crippen molar-refractivity contribution in [3.63, 3.8) is 0 Å². The fourth-order valence-corrected chi connectivity index (χ4v) is 3.60. The summed E-state index contributed by atoms with van der Waals surface area (Å²) in [4.78, 5) is 24.8. The third kappa shape index (κ3) is 3.35. The second-order valence-corrected chi connectivity index (χ2v) is 6.85. The van der Waals surface area contributed by atoms with Gasteiger partial charge in [-0.3, -0.25) is 9.59 Å². The number of aromatic nitrogens is 5. The molecule has 8 nitrogen and oxygen atoms in total. The number of rotatable bonds is 5. The van der Waals surface area contributed by atoms with Crippen LogP contribution in [0, 0.1) is 0 Å². The van der Waals surface area contributed by atoms with E-state index in [1.165, 1.54) is 11.8 Å². The molecule has 9 heteroatoms. The molecule has 0 radical (unpaired) electrons. The molecule has 0 unspecified atom stereocenters. The van der Waals surface area contributed by atoms with Crippen molar-refractivity contribution in [2.24, 2.45) is 14.1 Å². The highest BCUT2D eigenvalue weighted by Crippen LogP contribution is 2.20. The predicted molar refractivity (Wildman–Crippen MR) is 90.2 cm³/mol. The number of carbonyl (C=O) groups excluding carboxylic acids is 1. The third-order valence-electron chi connectivity index (χ3n) is 4.18. The highest BCUT2D eigenvalue weighted by molar-refractivity contribution is 7.99. The number of hydrogen-bond donors (Lipinski definition) is 1. The summed E-state index contributed by atoms with van der Waals surface area (Å²) < 4.78 is 3.20. The molecule has 0 saturated heterocycles. The van der Waals surface area contributed by atoms with Crippen LogP contribution in [0.3, 0.4) is 0 Å². The van der Waals surface area contributed by atoms with Gasteiger partial charge in [0.1, 0.15) is 5.56 Å². The van der Waals surface area contributed by atoms with Crippen molar-refractivity contribution in [1.29, 1.82) is 0 Å². The lowest BCUT2D eigenvalue weighted by molar-refractivity contribution is 0.0954. The first-order valence-corrected chi connectivity index (χ1v) is 8.91. The summed E-state index contributed by atoms with van der Waals surface area (Å²) in [7, 11) is 3.51. The quantitative estimate of drug-likeness (QED) is 0.617. The minimum absolute atomic E-state index is 0.224. The molecule has 1 aliphatic carbocycles. The summed E-state index contributed by atoms with van der Waals surface area (Å²) in [5.41, 5.74) is 2.18. The van der Waals surface area contributed by atoms with Gasteiger partial charge in [-0.25, -0.2) is 4.68 Å². The molecule has 1 N–H and O–H groups in total. The van der Waals surface area contributed by atoms with Gasteiger partial charge in [-0.2, -0.15) is 0 Å². The molecule has 2 aromatic heterocycles. The number of fused-ring (bicyclic) bond motifs is 1. The molecule has 1 amide bonds. The average molecular weight is 348 g/mol. The molecule has 0 saturated carbocycles. The van der Waals surface area contributed by atoms with Crippen molar-refractivity contribution < 1.29 is 4.79 Å². The number of nitrogens with zero attached hydrogens (tertiary/aromatic N) is 5. The zero-order valence-electron chi connectivity index (χ0n) is 13.8. The SMILES string of the molecule is Cn1nnnc1SCCNC(=O)c1cc2c(n(C)c1=O)CCCC2. The predicted octanol–water partition coefficient (Wildman–Crippen LogP) is 0.310. The van der Waals surface area contributed by atoms with Crippen molar-refractivity contribution in [2.45, 2.75) is 30.8 Å². The zero-order chi connectivity index (χ0) is 17.1. The molecule has 0 fully saturated rings. The van der Waals surface area contributed by atoms with E-state index >= 15 is 0 Å². The molecule has 0 spiro atoms. The number of nitrogens with one attached hydrogen (secondary N) is 1. The van der Waals surface area contributed by atoms with E-state index in [1.54, 1.807) is 29.4 Å². The minimum Gasteiger partial charge on any atom is -0.351 e. The van der Waals surface area contributed by atoms with Crippen molar-refractivity contribution in [2.75, 3.05) is 12.3 Å². The Morgan fingerprint density at radius 2 is 2.12 bits per heavy atom. The Morgan fingerprint density at radius 3 is 2.88 bits per heavy atom. The first-order valence-electron chi connectivity index (χ1n) is 7.93. The molecule has 0 bridgehead atoms. The molecule has 2 heterocycles. The Balaban J connectivity index is 1.64. The average Bonchev–Trinajstić information content (AvgIpc) is 3.00. The Morgan fingerprint density at radius 1 is 1.33 bits per heavy atom. The van der Waals surface area contributed by atoms with Crippen LogP contribution < -0.4 is 10.9 Å². The van der Waals surface area contributed by atoms with Crippen LogP contribution in [-0.2, 0) is 26.9 Å². The third-order valence-corrected chi connectivity index (χ3v) is 5.20. The monoisotopic (exact) mass is 348 g/mol. The van der Waals surface area contributed by atoms with Gasteiger partial charge < -0.3 is 9.88 Å². The van der Waals surface area contributed by atoms with Crippen LogP contribution in [0.15, 0.2) is 16.0 Å². The Kier molecular flexibility index (Phi) is 4.98. The van der Waals surface area contributed by atoms with Gasteiger partial charge in [0.2, 0.25) is 5.16 Å². The number of aryl methyl sites for hydroxylation is 2. The molecule has 24 heavy (non-hydrogen) atoms. The summed E-state index contributed by atoms with van der Waals surface area (Å²) in [6.45, 7) is 0.441. The smallest absolute Gasteiger partial charge is 0.263 e. The number of thioether (sulfide) groups is 1. The van der Waals surface area contributed by atoms with Gasteiger partial charge in [-0.05, 0) is 47.7 Å². The lowest BCUT2D eigenvalue weighted by Gasteiger charge is -2.20. The Bertz CT molecular complexity index is 813. The largest absolute Gasteiger partial charge is 0.351 e. The number of pyridine rings is 1. The first kappa shape index (κ1) is 16.7. The second kappa shape index (κ2) is 7.16. The molecule has 0 aliphatic heterocycles. The van der Waals surface area contributed by atoms with E-state index in [-0.39, 0.29) is 17.0 Å². The lowest BCUT2D eigenvalue weighted by Crippen LogP contribution is -2.35. The second-order valence-electron chi connectivity index (χ2n) is 5.79. The molecule has 1 aliphatic rings. The summed E-state index contributed by atoms with van der Waals surface area (Å²) in [5.74, 6) is 0.311. The highest BCUT2D eigenvalue weighted by atomic mass is 32.2. The number of hydrogen-bond acceptors (Lipinski definition) is 6. The van der Waals surface area contributed by atoms with Crippen LogP contribution >= 0.6 is 11.8 Å². The normalized spacial score (nSPS) is 13.6. The fraction of sp³-hybridized carbons (Fsp3) is 0.533. The van der Waals surface area contributed by atoms with E-state index in [1.807, 2.05) is 0 Å². The fourth-order valence-electron chi connectivity index (χ4n) is 2.90. The van der Waals surface area contributed by atoms with Gasteiger partial charge >= 0.3 is 0 Å². The first-order chi connectivity index (χ1) is 11.6. The number of carbonyl (C=O) groups is 1. The van der Waals surface area contributed by atoms with Crippen molar-refractivity contribution in [3.8, 4) is 0 Å². The van der Waals surface area contributed by atoms with Crippen LogP contribution in [0.5, 0.6) is 0 Å². The van der Waals surface area contributed by atoms with Crippen LogP contribution in [0.2, 0.25) is 0 Å². The van der Waals surface area contributed by atoms with E-state index in [0.29, 0.717) is 17.5 Å². The van der Waals surface area contributed by atoms with Crippen LogP contribution in [0.4, 0.5) is 0 Å². The molecule has 0 aromatic carbocycles. The van der Waals surface area contributed by atoms with E-state index < -0.39 is 0 Å². The van der Waals surface area contributed by atoms with Crippen molar-refractivity contribution in [3.05, 3.63) is 33.2 Å². The molecular formula is C15H20N6O2S. The van der Waals surface area contributed by atoms with E-state index in [0.717, 1.165) is 36.9 Å². The van der Waals surface area contributed by atoms with Gasteiger partial charge in [-0.15, -0.1) is 5.10 Å². The molecule has 0 atom stereocenters. The minimum atomic E-state index is -0.319. The van der Waals surface area contributed by atoms with Gasteiger partial charge in [0.15, 0.2) is 0 Å². The van der Waals surface area contributed by atoms with Crippen LogP contribution in [0.25, 0.3) is 0 Å². The summed E-state index contributed by atoms with van der Waals surface area (Å²) in [5, 5.41) is 14.7. The summed E-state index contributed by atoms with van der Waals surface area (Å²) in [6, 6.07) is 1.77. The lowest BCUT2D eigenvalue weighted by atomic mass is 9.94. The zero-order valence-corrected chi connectivity index (χ0v) is 14.6. The maximum absolute atomic E-state index is 12.4. The highest BCUT2D eigenvalue weighted by Gasteiger charge is 2.19. The Labute approximate surface area is 143 Å². The standard InChI is InChI=1S/C15H20N6O2S/c1-20-12-6-4-3-5-10(12)9-11(14(20)23)13(22)16-7-8-24-15-17-18-19-21(15)2/h9H,3-8H2,1-2H3,(H,16,22). The van der Waals surface area contributed by atoms with E-state index in [2.05, 4.69) is 20.8 Å². The van der Waals surface area contributed by atoms with E-state index in [9.17, 15) is 9.59 Å². The number of amides is 1. The summed E-state index contributed by atoms with van der Waals surface area (Å²) >= 11 is 1.45. The molecule has 3 rings (SSSR count). The van der Waals surface area contributed by atoms with Gasteiger partial charge in [0.25, 0.3) is 11.5 Å². The maximum atomic E-state index is 12.4. The van der Waals surface area contributed by atoms with Gasteiger partial charge in [0.05, 0.1) is 0 Å². The summed E-state index contributed by atoms with van der Waals surface area (Å²) in [6.07, 6.45) is 4.04. The van der Waals surface area contributed by atoms with Crippen molar-refractivity contribution >= 4 is 17.7 Å². The topological polar surface area (TPSA) is 94.7 Å². The van der Waals surface area contributed by atoms with Crippen LogP contribution in [0.1, 0.15) is 34.5 Å².